The number of nitrogens with one attached hydrogen (secondary N) is 1. The second-order valence-electron chi connectivity index (χ2n) is 3.87. The van der Waals surface area contributed by atoms with Crippen LogP contribution in [0.4, 0.5) is 0 Å². The van der Waals surface area contributed by atoms with Crippen molar-refractivity contribution >= 4 is 5.97 Å². The van der Waals surface area contributed by atoms with Gasteiger partial charge in [-0.3, -0.25) is 4.98 Å². The fourth-order valence-electron chi connectivity index (χ4n) is 1.01. The van der Waals surface area contributed by atoms with Crippen LogP contribution in [0.15, 0.2) is 18.3 Å². The van der Waals surface area contributed by atoms with E-state index >= 15 is 0 Å². The van der Waals surface area contributed by atoms with Gasteiger partial charge in [-0.15, -0.1) is 0 Å². The predicted octanol–water partition coefficient (Wildman–Crippen LogP) is 1.46. The van der Waals surface area contributed by atoms with Crippen LogP contribution in [0.2, 0.25) is 0 Å². The standard InChI is InChI=1S/C11H16N2O3/c1-8(2)7-16-13-6-10-4-3-9(5-12-10)11(14)15/h3-5,8,13H,6-7H2,1-2H3,(H,14,15). The second kappa shape index (κ2) is 6.19. The first kappa shape index (κ1) is 12.6. The molecule has 2 N–H and O–H groups in total. The predicted molar refractivity (Wildman–Crippen MR) is 58.8 cm³/mol. The lowest BCUT2D eigenvalue weighted by atomic mass is 10.2. The fourth-order valence-corrected chi connectivity index (χ4v) is 1.01. The van der Waals surface area contributed by atoms with Gasteiger partial charge in [0.1, 0.15) is 0 Å². The lowest BCUT2D eigenvalue weighted by Crippen LogP contribution is -2.18. The van der Waals surface area contributed by atoms with Crippen molar-refractivity contribution in [1.29, 1.82) is 0 Å². The van der Waals surface area contributed by atoms with Gasteiger partial charge in [0.2, 0.25) is 0 Å². The highest BCUT2D eigenvalue weighted by Gasteiger charge is 2.02. The van der Waals surface area contributed by atoms with Crippen molar-refractivity contribution in [3.8, 4) is 0 Å². The van der Waals surface area contributed by atoms with E-state index in [-0.39, 0.29) is 5.56 Å². The van der Waals surface area contributed by atoms with Crippen LogP contribution >= 0.6 is 0 Å². The van der Waals surface area contributed by atoms with Crippen LogP contribution in [0.5, 0.6) is 0 Å². The third-order valence-electron chi connectivity index (χ3n) is 1.84. The van der Waals surface area contributed by atoms with E-state index in [2.05, 4.69) is 24.3 Å². The molecule has 0 aliphatic carbocycles. The molecular formula is C11H16N2O3. The summed E-state index contributed by atoms with van der Waals surface area (Å²) >= 11 is 0. The fraction of sp³-hybridized carbons (Fsp3) is 0.455. The van der Waals surface area contributed by atoms with Crippen molar-refractivity contribution in [3.05, 3.63) is 29.6 Å². The maximum absolute atomic E-state index is 10.6. The van der Waals surface area contributed by atoms with E-state index in [9.17, 15) is 4.79 Å². The maximum Gasteiger partial charge on any atom is 0.337 e. The molecule has 5 nitrogen and oxygen atoms in total. The van der Waals surface area contributed by atoms with Gasteiger partial charge in [-0.1, -0.05) is 13.8 Å². The van der Waals surface area contributed by atoms with Gasteiger partial charge in [0, 0.05) is 6.20 Å². The molecule has 0 unspecified atom stereocenters. The second-order valence-corrected chi connectivity index (χ2v) is 3.87. The number of aromatic nitrogens is 1. The molecule has 16 heavy (non-hydrogen) atoms. The summed E-state index contributed by atoms with van der Waals surface area (Å²) < 4.78 is 0. The highest BCUT2D eigenvalue weighted by atomic mass is 16.6. The van der Waals surface area contributed by atoms with E-state index < -0.39 is 5.97 Å². The Bertz CT molecular complexity index is 336. The van der Waals surface area contributed by atoms with E-state index in [0.717, 1.165) is 5.69 Å². The molecule has 0 saturated heterocycles. The minimum atomic E-state index is -0.969. The molecule has 0 radical (unpaired) electrons. The van der Waals surface area contributed by atoms with Gasteiger partial charge in [0.15, 0.2) is 0 Å². The van der Waals surface area contributed by atoms with E-state index in [0.29, 0.717) is 19.1 Å². The molecule has 1 aromatic heterocycles. The summed E-state index contributed by atoms with van der Waals surface area (Å²) in [4.78, 5) is 19.7. The van der Waals surface area contributed by atoms with Gasteiger partial charge >= 0.3 is 5.97 Å². The summed E-state index contributed by atoms with van der Waals surface area (Å²) in [5.74, 6) is -0.502. The zero-order chi connectivity index (χ0) is 12.0. The van der Waals surface area contributed by atoms with Crippen molar-refractivity contribution < 1.29 is 14.7 Å². The molecule has 1 heterocycles. The molecule has 0 spiro atoms. The normalized spacial score (nSPS) is 10.7. The lowest BCUT2D eigenvalue weighted by molar-refractivity contribution is 0.0190. The van der Waals surface area contributed by atoms with Crippen LogP contribution in [-0.2, 0) is 11.4 Å². The highest BCUT2D eigenvalue weighted by molar-refractivity contribution is 5.87. The van der Waals surface area contributed by atoms with Crippen molar-refractivity contribution in [1.82, 2.24) is 10.5 Å². The van der Waals surface area contributed by atoms with E-state index in [1.807, 2.05) is 0 Å². The number of nitrogens with zero attached hydrogens (tertiary/aromatic N) is 1. The zero-order valence-electron chi connectivity index (χ0n) is 9.43. The summed E-state index contributed by atoms with van der Waals surface area (Å²) in [6, 6.07) is 3.18. The van der Waals surface area contributed by atoms with Crippen molar-refractivity contribution in [2.24, 2.45) is 5.92 Å². The molecule has 88 valence electrons. The number of pyridine rings is 1. The van der Waals surface area contributed by atoms with Crippen LogP contribution in [0.1, 0.15) is 29.9 Å². The Morgan fingerprint density at radius 2 is 2.31 bits per heavy atom. The van der Waals surface area contributed by atoms with E-state index in [1.165, 1.54) is 12.3 Å². The third kappa shape index (κ3) is 4.37. The third-order valence-corrected chi connectivity index (χ3v) is 1.84. The molecule has 5 heteroatoms. The first-order valence-electron chi connectivity index (χ1n) is 5.12. The number of carbonyl (C=O) groups is 1. The minimum absolute atomic E-state index is 0.187. The van der Waals surface area contributed by atoms with Crippen LogP contribution in [0, 0.1) is 5.92 Å². The van der Waals surface area contributed by atoms with Gasteiger partial charge in [-0.2, -0.15) is 5.48 Å². The SMILES string of the molecule is CC(C)CONCc1ccc(C(=O)O)cn1. The van der Waals surface area contributed by atoms with Crippen LogP contribution in [0.25, 0.3) is 0 Å². The Labute approximate surface area is 94.4 Å². The van der Waals surface area contributed by atoms with Crippen molar-refractivity contribution in [2.75, 3.05) is 6.61 Å². The van der Waals surface area contributed by atoms with E-state index in [1.54, 1.807) is 6.07 Å². The molecule has 1 aromatic rings. The van der Waals surface area contributed by atoms with Crippen LogP contribution < -0.4 is 5.48 Å². The summed E-state index contributed by atoms with van der Waals surface area (Å²) in [7, 11) is 0. The summed E-state index contributed by atoms with van der Waals surface area (Å²) in [5, 5.41) is 8.67. The Morgan fingerprint density at radius 3 is 2.81 bits per heavy atom. The van der Waals surface area contributed by atoms with Crippen molar-refractivity contribution in [3.63, 3.8) is 0 Å². The number of carboxylic acid groups (broad SMARTS) is 1. The maximum atomic E-state index is 10.6. The van der Waals surface area contributed by atoms with Gasteiger partial charge < -0.3 is 9.94 Å². The highest BCUT2D eigenvalue weighted by Crippen LogP contribution is 2.00. The zero-order valence-corrected chi connectivity index (χ0v) is 9.43. The molecule has 0 aromatic carbocycles. The monoisotopic (exact) mass is 224 g/mol. The summed E-state index contributed by atoms with van der Waals surface area (Å²) in [6.45, 7) is 5.21. The Hall–Kier alpha value is -1.46. The largest absolute Gasteiger partial charge is 0.478 e. The van der Waals surface area contributed by atoms with Gasteiger partial charge in [0.05, 0.1) is 24.4 Å². The van der Waals surface area contributed by atoms with Crippen molar-refractivity contribution in [2.45, 2.75) is 20.4 Å². The molecule has 0 bridgehead atoms. The smallest absolute Gasteiger partial charge is 0.337 e. The molecule has 1 rings (SSSR count). The average Bonchev–Trinajstić information content (AvgIpc) is 2.25. The first-order valence-corrected chi connectivity index (χ1v) is 5.12. The number of hydroxylamine groups is 1. The quantitative estimate of drug-likeness (QED) is 0.565. The molecular weight excluding hydrogens is 208 g/mol. The molecule has 0 fully saturated rings. The average molecular weight is 224 g/mol. The molecule has 0 amide bonds. The first-order chi connectivity index (χ1) is 7.59. The Balaban J connectivity index is 2.35. The Kier molecular flexibility index (Phi) is 4.88. The minimum Gasteiger partial charge on any atom is -0.478 e. The molecule has 0 aliphatic heterocycles. The Morgan fingerprint density at radius 1 is 1.56 bits per heavy atom. The molecule has 0 atom stereocenters. The lowest BCUT2D eigenvalue weighted by Gasteiger charge is -2.07. The number of carboxylic acids is 1. The topological polar surface area (TPSA) is 71.5 Å². The number of rotatable bonds is 6. The molecule has 0 aliphatic rings. The number of aromatic carboxylic acids is 1. The summed E-state index contributed by atoms with van der Waals surface area (Å²) in [6.07, 6.45) is 1.34. The van der Waals surface area contributed by atoms with Crippen LogP contribution in [-0.4, -0.2) is 22.7 Å². The molecule has 0 saturated carbocycles. The van der Waals surface area contributed by atoms with E-state index in [4.69, 9.17) is 9.94 Å². The van der Waals surface area contributed by atoms with Gasteiger partial charge in [0.25, 0.3) is 0 Å². The number of hydrogen-bond acceptors (Lipinski definition) is 4. The van der Waals surface area contributed by atoms with Gasteiger partial charge in [-0.05, 0) is 18.1 Å². The summed E-state index contributed by atoms with van der Waals surface area (Å²) in [5.41, 5.74) is 3.70. The van der Waals surface area contributed by atoms with Crippen LogP contribution in [0.3, 0.4) is 0 Å². The number of hydrogen-bond donors (Lipinski definition) is 2. The van der Waals surface area contributed by atoms with Gasteiger partial charge in [-0.25, -0.2) is 4.79 Å².